The van der Waals surface area contributed by atoms with Crippen LogP contribution in [-0.4, -0.2) is 0 Å². The lowest BCUT2D eigenvalue weighted by Crippen LogP contribution is -2.00. The van der Waals surface area contributed by atoms with Gasteiger partial charge in [-0.2, -0.15) is 5.26 Å². The van der Waals surface area contributed by atoms with Crippen molar-refractivity contribution in [3.63, 3.8) is 0 Å². The molecule has 0 atom stereocenters. The molecule has 0 saturated heterocycles. The van der Waals surface area contributed by atoms with Crippen LogP contribution in [0.2, 0.25) is 0 Å². The largest absolute Gasteiger partial charge is 0.488 e. The van der Waals surface area contributed by atoms with Gasteiger partial charge in [-0.15, -0.1) is 0 Å². The predicted molar refractivity (Wildman–Crippen MR) is 83.5 cm³/mol. The molecule has 2 rings (SSSR count). The number of ether oxygens (including phenoxy) is 1. The topological polar surface area (TPSA) is 59.0 Å². The van der Waals surface area contributed by atoms with E-state index in [1.807, 2.05) is 44.2 Å². The molecular weight excluding hydrogens is 316 g/mol. The number of nitrogens with zero attached hydrogens (tertiary/aromatic N) is 1. The van der Waals surface area contributed by atoms with Crippen LogP contribution >= 0.6 is 15.9 Å². The summed E-state index contributed by atoms with van der Waals surface area (Å²) in [4.78, 5) is 0. The van der Waals surface area contributed by atoms with Crippen LogP contribution < -0.4 is 10.5 Å². The van der Waals surface area contributed by atoms with Crippen molar-refractivity contribution in [2.75, 3.05) is 5.73 Å². The zero-order chi connectivity index (χ0) is 14.7. The van der Waals surface area contributed by atoms with E-state index >= 15 is 0 Å². The van der Waals surface area contributed by atoms with Crippen LogP contribution in [0.1, 0.15) is 22.3 Å². The van der Waals surface area contributed by atoms with E-state index in [0.717, 1.165) is 26.9 Å². The summed E-state index contributed by atoms with van der Waals surface area (Å²) in [6, 6.07) is 11.5. The number of anilines is 1. The fourth-order valence-electron chi connectivity index (χ4n) is 2.16. The summed E-state index contributed by atoms with van der Waals surface area (Å²) in [5, 5.41) is 8.94. The van der Waals surface area contributed by atoms with Crippen molar-refractivity contribution in [3.8, 4) is 11.8 Å². The van der Waals surface area contributed by atoms with Crippen molar-refractivity contribution in [1.82, 2.24) is 0 Å². The highest BCUT2D eigenvalue weighted by Gasteiger charge is 2.07. The van der Waals surface area contributed by atoms with Crippen LogP contribution in [0.3, 0.4) is 0 Å². The second kappa shape index (κ2) is 5.98. The molecule has 2 aromatic rings. The molecule has 0 amide bonds. The Balaban J connectivity index is 2.21. The number of halogens is 1. The summed E-state index contributed by atoms with van der Waals surface area (Å²) >= 11 is 3.42. The summed E-state index contributed by atoms with van der Waals surface area (Å²) < 4.78 is 6.81. The van der Waals surface area contributed by atoms with Crippen molar-refractivity contribution >= 4 is 21.6 Å². The van der Waals surface area contributed by atoms with Gasteiger partial charge in [0.05, 0.1) is 11.6 Å². The molecule has 2 N–H and O–H groups in total. The standard InChI is InChI=1S/C16H15BrN2O/c1-10-3-12(8-18)4-11(2)16(10)20-9-13-5-14(17)7-15(19)6-13/h3-7H,9,19H2,1-2H3. The fourth-order valence-corrected chi connectivity index (χ4v) is 2.72. The molecule has 102 valence electrons. The Labute approximate surface area is 127 Å². The Morgan fingerprint density at radius 3 is 2.35 bits per heavy atom. The van der Waals surface area contributed by atoms with E-state index in [1.54, 1.807) is 0 Å². The van der Waals surface area contributed by atoms with Crippen LogP contribution in [0.25, 0.3) is 0 Å². The average molecular weight is 331 g/mol. The van der Waals surface area contributed by atoms with E-state index in [9.17, 15) is 0 Å². The Morgan fingerprint density at radius 1 is 1.15 bits per heavy atom. The predicted octanol–water partition coefficient (Wildman–Crippen LogP) is 4.10. The summed E-state index contributed by atoms with van der Waals surface area (Å²) in [5.74, 6) is 0.822. The molecule has 0 spiro atoms. The van der Waals surface area contributed by atoms with Gasteiger partial charge in [-0.3, -0.25) is 0 Å². The lowest BCUT2D eigenvalue weighted by atomic mass is 10.1. The number of hydrogen-bond acceptors (Lipinski definition) is 3. The second-order valence-corrected chi connectivity index (χ2v) is 5.65. The molecule has 0 aliphatic carbocycles. The van der Waals surface area contributed by atoms with Gasteiger partial charge in [0.25, 0.3) is 0 Å². The van der Waals surface area contributed by atoms with E-state index < -0.39 is 0 Å². The molecule has 0 unspecified atom stereocenters. The summed E-state index contributed by atoms with van der Waals surface area (Å²) in [6.07, 6.45) is 0. The number of aryl methyl sites for hydroxylation is 2. The first-order valence-electron chi connectivity index (χ1n) is 6.18. The third-order valence-corrected chi connectivity index (χ3v) is 3.41. The smallest absolute Gasteiger partial charge is 0.125 e. The third-order valence-electron chi connectivity index (χ3n) is 2.95. The maximum absolute atomic E-state index is 8.94. The zero-order valence-corrected chi connectivity index (χ0v) is 13.0. The number of hydrogen-bond donors (Lipinski definition) is 1. The molecule has 3 nitrogen and oxygen atoms in total. The Morgan fingerprint density at radius 2 is 1.80 bits per heavy atom. The molecule has 20 heavy (non-hydrogen) atoms. The number of nitriles is 1. The lowest BCUT2D eigenvalue weighted by Gasteiger charge is -2.13. The molecule has 0 fully saturated rings. The van der Waals surface area contributed by atoms with Gasteiger partial charge in [-0.05, 0) is 60.9 Å². The summed E-state index contributed by atoms with van der Waals surface area (Å²) in [6.45, 7) is 4.33. The SMILES string of the molecule is Cc1cc(C#N)cc(C)c1OCc1cc(N)cc(Br)c1. The number of nitrogen functional groups attached to an aromatic ring is 1. The summed E-state index contributed by atoms with van der Waals surface area (Å²) in [5.41, 5.74) is 10.1. The van der Waals surface area contributed by atoms with E-state index in [-0.39, 0.29) is 0 Å². The molecule has 0 aliphatic heterocycles. The minimum Gasteiger partial charge on any atom is -0.488 e. The fraction of sp³-hybridized carbons (Fsp3) is 0.188. The monoisotopic (exact) mass is 330 g/mol. The average Bonchev–Trinajstić information content (AvgIpc) is 2.36. The lowest BCUT2D eigenvalue weighted by molar-refractivity contribution is 0.302. The van der Waals surface area contributed by atoms with Gasteiger partial charge in [-0.1, -0.05) is 15.9 Å². The van der Waals surface area contributed by atoms with Gasteiger partial charge in [0, 0.05) is 10.2 Å². The highest BCUT2D eigenvalue weighted by Crippen LogP contribution is 2.26. The second-order valence-electron chi connectivity index (χ2n) is 4.73. The van der Waals surface area contributed by atoms with Crippen LogP contribution in [0.15, 0.2) is 34.8 Å². The van der Waals surface area contributed by atoms with Gasteiger partial charge < -0.3 is 10.5 Å². The van der Waals surface area contributed by atoms with Crippen LogP contribution in [0.5, 0.6) is 5.75 Å². The maximum atomic E-state index is 8.94. The molecule has 0 radical (unpaired) electrons. The molecule has 0 saturated carbocycles. The number of rotatable bonds is 3. The van der Waals surface area contributed by atoms with Gasteiger partial charge in [0.1, 0.15) is 12.4 Å². The zero-order valence-electron chi connectivity index (χ0n) is 11.4. The van der Waals surface area contributed by atoms with E-state index in [1.165, 1.54) is 0 Å². The summed E-state index contributed by atoms with van der Waals surface area (Å²) in [7, 11) is 0. The minimum absolute atomic E-state index is 0.442. The van der Waals surface area contributed by atoms with Crippen molar-refractivity contribution in [3.05, 3.63) is 57.1 Å². The quantitative estimate of drug-likeness (QED) is 0.862. The van der Waals surface area contributed by atoms with Crippen molar-refractivity contribution in [1.29, 1.82) is 5.26 Å². The van der Waals surface area contributed by atoms with Crippen LogP contribution in [0, 0.1) is 25.2 Å². The normalized spacial score (nSPS) is 10.1. The minimum atomic E-state index is 0.442. The molecule has 0 heterocycles. The van der Waals surface area contributed by atoms with Gasteiger partial charge in [-0.25, -0.2) is 0 Å². The van der Waals surface area contributed by atoms with E-state index in [0.29, 0.717) is 17.9 Å². The molecule has 0 bridgehead atoms. The van der Waals surface area contributed by atoms with Crippen LogP contribution in [-0.2, 0) is 6.61 Å². The third kappa shape index (κ3) is 3.31. The Bertz CT molecular complexity index is 646. The van der Waals surface area contributed by atoms with E-state index in [4.69, 9.17) is 15.7 Å². The molecule has 0 aliphatic rings. The highest BCUT2D eigenvalue weighted by atomic mass is 79.9. The maximum Gasteiger partial charge on any atom is 0.125 e. The van der Waals surface area contributed by atoms with Gasteiger partial charge in [0.2, 0.25) is 0 Å². The molecular formula is C16H15BrN2O. The first-order chi connectivity index (χ1) is 9.49. The van der Waals surface area contributed by atoms with Crippen molar-refractivity contribution in [2.24, 2.45) is 0 Å². The molecule has 2 aromatic carbocycles. The first kappa shape index (κ1) is 14.4. The Hall–Kier alpha value is -1.99. The van der Waals surface area contributed by atoms with E-state index in [2.05, 4.69) is 22.0 Å². The number of nitrogens with two attached hydrogens (primary N) is 1. The highest BCUT2D eigenvalue weighted by molar-refractivity contribution is 9.10. The van der Waals surface area contributed by atoms with Gasteiger partial charge >= 0.3 is 0 Å². The van der Waals surface area contributed by atoms with Crippen molar-refractivity contribution < 1.29 is 4.74 Å². The molecule has 4 heteroatoms. The Kier molecular flexibility index (Phi) is 4.31. The molecule has 0 aromatic heterocycles. The van der Waals surface area contributed by atoms with Crippen molar-refractivity contribution in [2.45, 2.75) is 20.5 Å². The van der Waals surface area contributed by atoms with Crippen LogP contribution in [0.4, 0.5) is 5.69 Å². The number of benzene rings is 2. The first-order valence-corrected chi connectivity index (χ1v) is 6.98. The van der Waals surface area contributed by atoms with Gasteiger partial charge in [0.15, 0.2) is 0 Å².